The summed E-state index contributed by atoms with van der Waals surface area (Å²) in [6, 6.07) is 9.49. The highest BCUT2D eigenvalue weighted by Gasteiger charge is 2.36. The number of carbonyl (C=O) groups is 1. The van der Waals surface area contributed by atoms with Crippen molar-refractivity contribution in [1.29, 1.82) is 0 Å². The van der Waals surface area contributed by atoms with Gasteiger partial charge in [0.15, 0.2) is 0 Å². The molecule has 0 aliphatic heterocycles. The molecule has 4 rings (SSSR count). The molecule has 2 aromatic heterocycles. The van der Waals surface area contributed by atoms with Crippen LogP contribution in [0.5, 0.6) is 0 Å². The van der Waals surface area contributed by atoms with Crippen molar-refractivity contribution < 1.29 is 9.21 Å². The van der Waals surface area contributed by atoms with Crippen LogP contribution in [0.2, 0.25) is 0 Å². The summed E-state index contributed by atoms with van der Waals surface area (Å²) in [5.74, 6) is 3.07. The van der Waals surface area contributed by atoms with Gasteiger partial charge in [-0.2, -0.15) is 0 Å². The molecule has 26 heavy (non-hydrogen) atoms. The fourth-order valence-corrected chi connectivity index (χ4v) is 3.29. The molecule has 134 valence electrons. The molecule has 0 radical (unpaired) electrons. The summed E-state index contributed by atoms with van der Waals surface area (Å²) in [5, 5.41) is 0. The van der Waals surface area contributed by atoms with E-state index >= 15 is 0 Å². The minimum absolute atomic E-state index is 0.0512. The number of furan rings is 1. The van der Waals surface area contributed by atoms with Crippen molar-refractivity contribution in [2.24, 2.45) is 5.92 Å². The second-order valence-corrected chi connectivity index (χ2v) is 7.38. The van der Waals surface area contributed by atoms with Gasteiger partial charge in [-0.15, -0.1) is 0 Å². The lowest BCUT2D eigenvalue weighted by Crippen LogP contribution is -2.26. The van der Waals surface area contributed by atoms with E-state index in [1.807, 2.05) is 44.2 Å². The zero-order valence-corrected chi connectivity index (χ0v) is 15.6. The minimum atomic E-state index is -0.0512. The molecule has 5 heteroatoms. The van der Waals surface area contributed by atoms with Crippen LogP contribution in [0.4, 0.5) is 0 Å². The topological polar surface area (TPSA) is 59.2 Å². The summed E-state index contributed by atoms with van der Waals surface area (Å²) in [7, 11) is 1.79. The Morgan fingerprint density at radius 3 is 2.54 bits per heavy atom. The lowest BCUT2D eigenvalue weighted by atomic mass is 10.1. The van der Waals surface area contributed by atoms with Crippen molar-refractivity contribution in [3.05, 3.63) is 58.8 Å². The number of aromatic nitrogens is 2. The number of rotatable bonds is 4. The molecular formula is C21H23N3O2. The third kappa shape index (κ3) is 3.09. The maximum atomic E-state index is 12.8. The van der Waals surface area contributed by atoms with E-state index in [0.717, 1.165) is 33.9 Å². The fourth-order valence-electron chi connectivity index (χ4n) is 3.29. The van der Waals surface area contributed by atoms with Crippen LogP contribution < -0.4 is 0 Å². The largest absolute Gasteiger partial charge is 0.464 e. The highest BCUT2D eigenvalue weighted by atomic mass is 16.3. The van der Waals surface area contributed by atoms with Crippen LogP contribution in [0.15, 0.2) is 34.7 Å². The van der Waals surface area contributed by atoms with E-state index < -0.39 is 0 Å². The third-order valence-electron chi connectivity index (χ3n) is 5.22. The van der Waals surface area contributed by atoms with Gasteiger partial charge in [-0.25, -0.2) is 9.97 Å². The van der Waals surface area contributed by atoms with Crippen LogP contribution in [0.25, 0.3) is 11.0 Å². The predicted octanol–water partition coefficient (Wildman–Crippen LogP) is 4.24. The Morgan fingerprint density at radius 1 is 1.15 bits per heavy atom. The van der Waals surface area contributed by atoms with Gasteiger partial charge in [-0.05, 0) is 56.5 Å². The first-order valence-corrected chi connectivity index (χ1v) is 9.01. The van der Waals surface area contributed by atoms with E-state index in [-0.39, 0.29) is 5.91 Å². The SMILES string of the molecule is Cc1nc2ccc(C(=O)N(C)Cc3ccc(C4CC4C)o3)cc2nc1C. The fraction of sp³-hybridized carbons (Fsp3) is 0.381. The Hall–Kier alpha value is -2.69. The zero-order chi connectivity index (χ0) is 18.4. The van der Waals surface area contributed by atoms with Crippen LogP contribution >= 0.6 is 0 Å². The summed E-state index contributed by atoms with van der Waals surface area (Å²) in [6.45, 7) is 6.55. The average molecular weight is 349 g/mol. The molecule has 3 aromatic rings. The molecule has 1 amide bonds. The van der Waals surface area contributed by atoms with Gasteiger partial charge in [0.05, 0.1) is 29.0 Å². The Kier molecular flexibility index (Phi) is 4.02. The Bertz CT molecular complexity index is 992. The quantitative estimate of drug-likeness (QED) is 0.707. The van der Waals surface area contributed by atoms with E-state index in [1.165, 1.54) is 6.42 Å². The summed E-state index contributed by atoms with van der Waals surface area (Å²) >= 11 is 0. The molecule has 0 bridgehead atoms. The molecule has 2 unspecified atom stereocenters. The number of fused-ring (bicyclic) bond motifs is 1. The Balaban J connectivity index is 1.51. The van der Waals surface area contributed by atoms with Crippen LogP contribution in [0, 0.1) is 19.8 Å². The maximum Gasteiger partial charge on any atom is 0.254 e. The molecule has 5 nitrogen and oxygen atoms in total. The molecule has 1 fully saturated rings. The Labute approximate surface area is 153 Å². The highest BCUT2D eigenvalue weighted by molar-refractivity contribution is 5.97. The van der Waals surface area contributed by atoms with Crippen LogP contribution in [-0.2, 0) is 6.54 Å². The van der Waals surface area contributed by atoms with Crippen molar-refractivity contribution in [3.8, 4) is 0 Å². The molecule has 0 spiro atoms. The summed E-state index contributed by atoms with van der Waals surface area (Å²) in [6.07, 6.45) is 1.19. The number of amides is 1. The molecule has 1 saturated carbocycles. The summed E-state index contributed by atoms with van der Waals surface area (Å²) < 4.78 is 5.92. The smallest absolute Gasteiger partial charge is 0.254 e. The standard InChI is InChI=1S/C21H23N3O2/c1-12-9-17(12)20-8-6-16(26-20)11-24(4)21(25)15-5-7-18-19(10-15)23-14(3)13(2)22-18/h5-8,10,12,17H,9,11H2,1-4H3. The minimum Gasteiger partial charge on any atom is -0.464 e. The van der Waals surface area contributed by atoms with Crippen molar-refractivity contribution >= 4 is 16.9 Å². The average Bonchev–Trinajstić information content (AvgIpc) is 3.16. The number of aryl methyl sites for hydroxylation is 2. The number of nitrogens with zero attached hydrogens (tertiary/aromatic N) is 3. The van der Waals surface area contributed by atoms with Crippen molar-refractivity contribution in [3.63, 3.8) is 0 Å². The summed E-state index contributed by atoms with van der Waals surface area (Å²) in [5.41, 5.74) is 3.96. The lowest BCUT2D eigenvalue weighted by Gasteiger charge is -2.16. The van der Waals surface area contributed by atoms with E-state index in [9.17, 15) is 4.79 Å². The molecule has 2 atom stereocenters. The van der Waals surface area contributed by atoms with E-state index in [4.69, 9.17) is 4.42 Å². The molecule has 1 aliphatic carbocycles. The van der Waals surface area contributed by atoms with Crippen LogP contribution in [0.3, 0.4) is 0 Å². The predicted molar refractivity (Wildman–Crippen MR) is 100 cm³/mol. The van der Waals surface area contributed by atoms with Gasteiger partial charge in [0, 0.05) is 18.5 Å². The van der Waals surface area contributed by atoms with Gasteiger partial charge in [0.25, 0.3) is 5.91 Å². The van der Waals surface area contributed by atoms with Gasteiger partial charge < -0.3 is 9.32 Å². The highest BCUT2D eigenvalue weighted by Crippen LogP contribution is 2.47. The maximum absolute atomic E-state index is 12.8. The first kappa shape index (κ1) is 16.8. The van der Waals surface area contributed by atoms with Gasteiger partial charge in [0.2, 0.25) is 0 Å². The van der Waals surface area contributed by atoms with Gasteiger partial charge in [-0.3, -0.25) is 4.79 Å². The number of hydrogen-bond acceptors (Lipinski definition) is 4. The first-order valence-electron chi connectivity index (χ1n) is 9.01. The van der Waals surface area contributed by atoms with Crippen molar-refractivity contribution in [2.75, 3.05) is 7.05 Å². The molecule has 1 aliphatic rings. The van der Waals surface area contributed by atoms with Gasteiger partial charge >= 0.3 is 0 Å². The molecular weight excluding hydrogens is 326 g/mol. The van der Waals surface area contributed by atoms with Gasteiger partial charge in [-0.1, -0.05) is 6.92 Å². The van der Waals surface area contributed by atoms with Crippen LogP contribution in [0.1, 0.15) is 52.5 Å². The van der Waals surface area contributed by atoms with Crippen molar-refractivity contribution in [1.82, 2.24) is 14.9 Å². The molecule has 0 saturated heterocycles. The second-order valence-electron chi connectivity index (χ2n) is 7.38. The van der Waals surface area contributed by atoms with Gasteiger partial charge in [0.1, 0.15) is 11.5 Å². The molecule has 2 heterocycles. The first-order chi connectivity index (χ1) is 12.4. The van der Waals surface area contributed by atoms with Crippen LogP contribution in [-0.4, -0.2) is 27.8 Å². The molecule has 0 N–H and O–H groups in total. The lowest BCUT2D eigenvalue weighted by molar-refractivity contribution is 0.0775. The summed E-state index contributed by atoms with van der Waals surface area (Å²) in [4.78, 5) is 23.5. The van der Waals surface area contributed by atoms with Crippen molar-refractivity contribution in [2.45, 2.75) is 39.7 Å². The normalized spacial score (nSPS) is 18.9. The number of carbonyl (C=O) groups excluding carboxylic acids is 1. The van der Waals surface area contributed by atoms with E-state index in [0.29, 0.717) is 23.9 Å². The third-order valence-corrected chi connectivity index (χ3v) is 5.22. The number of hydrogen-bond donors (Lipinski definition) is 0. The Morgan fingerprint density at radius 2 is 1.85 bits per heavy atom. The zero-order valence-electron chi connectivity index (χ0n) is 15.6. The van der Waals surface area contributed by atoms with E-state index in [2.05, 4.69) is 16.9 Å². The number of benzene rings is 1. The monoisotopic (exact) mass is 349 g/mol. The molecule has 1 aromatic carbocycles. The second kappa shape index (κ2) is 6.24. The van der Waals surface area contributed by atoms with E-state index in [1.54, 1.807) is 11.9 Å².